The second-order valence-electron chi connectivity index (χ2n) is 7.58. The lowest BCUT2D eigenvalue weighted by molar-refractivity contribution is -0.384. The Bertz CT molecular complexity index is 953. The molecule has 0 unspecified atom stereocenters. The molecule has 0 aromatic heterocycles. The van der Waals surface area contributed by atoms with Crippen LogP contribution >= 0.6 is 0 Å². The molecule has 1 atom stereocenters. The monoisotopic (exact) mass is 424 g/mol. The lowest BCUT2D eigenvalue weighted by atomic mass is 9.97. The van der Waals surface area contributed by atoms with E-state index >= 15 is 0 Å². The second-order valence-corrected chi connectivity index (χ2v) is 7.58. The first-order valence-corrected chi connectivity index (χ1v) is 10.5. The van der Waals surface area contributed by atoms with Crippen molar-refractivity contribution in [3.05, 3.63) is 64.2 Å². The molecule has 2 aromatic rings. The molecule has 7 nitrogen and oxygen atoms in total. The summed E-state index contributed by atoms with van der Waals surface area (Å²) < 4.78 is 11.1. The van der Waals surface area contributed by atoms with Crippen molar-refractivity contribution in [2.24, 2.45) is 0 Å². The number of rotatable bonds is 9. The average molecular weight is 424 g/mol. The Morgan fingerprint density at radius 2 is 1.97 bits per heavy atom. The van der Waals surface area contributed by atoms with Crippen LogP contribution in [0.2, 0.25) is 0 Å². The Morgan fingerprint density at radius 1 is 1.19 bits per heavy atom. The molecule has 1 aliphatic rings. The maximum atomic E-state index is 12.5. The van der Waals surface area contributed by atoms with E-state index in [2.05, 4.69) is 11.4 Å². The van der Waals surface area contributed by atoms with E-state index in [-0.39, 0.29) is 11.6 Å². The van der Waals surface area contributed by atoms with Gasteiger partial charge < -0.3 is 14.8 Å². The predicted octanol–water partition coefficient (Wildman–Crippen LogP) is 5.04. The van der Waals surface area contributed by atoms with E-state index in [4.69, 9.17) is 9.47 Å². The zero-order valence-electron chi connectivity index (χ0n) is 17.9. The lowest BCUT2D eigenvalue weighted by Gasteiger charge is -2.18. The first-order valence-electron chi connectivity index (χ1n) is 10.5. The Hall–Kier alpha value is -3.35. The molecule has 0 aliphatic heterocycles. The van der Waals surface area contributed by atoms with Crippen LogP contribution in [0.15, 0.2) is 54.1 Å². The summed E-state index contributed by atoms with van der Waals surface area (Å²) in [6, 6.07) is 11.5. The molecule has 0 heterocycles. The van der Waals surface area contributed by atoms with Gasteiger partial charge in [-0.15, -0.1) is 0 Å². The molecule has 2 aromatic carbocycles. The van der Waals surface area contributed by atoms with Crippen molar-refractivity contribution in [1.29, 1.82) is 0 Å². The van der Waals surface area contributed by atoms with Crippen molar-refractivity contribution in [3.63, 3.8) is 0 Å². The molecule has 0 radical (unpaired) electrons. The molecule has 31 heavy (non-hydrogen) atoms. The van der Waals surface area contributed by atoms with E-state index < -0.39 is 11.0 Å². The molecule has 0 bridgehead atoms. The minimum absolute atomic E-state index is 0.0453. The third kappa shape index (κ3) is 6.07. The predicted molar refractivity (Wildman–Crippen MR) is 119 cm³/mol. The highest BCUT2D eigenvalue weighted by Gasteiger charge is 2.19. The van der Waals surface area contributed by atoms with Crippen molar-refractivity contribution >= 4 is 11.6 Å². The molecule has 0 fully saturated rings. The Labute approximate surface area is 182 Å². The number of non-ortho nitro benzene ring substituents is 1. The summed E-state index contributed by atoms with van der Waals surface area (Å²) in [5.74, 6) is 0.876. The number of carbonyl (C=O) groups excluding carboxylic acids is 1. The molecule has 7 heteroatoms. The van der Waals surface area contributed by atoms with Gasteiger partial charge in [0.15, 0.2) is 6.10 Å². The summed E-state index contributed by atoms with van der Waals surface area (Å²) in [4.78, 5) is 23.3. The molecular weight excluding hydrogens is 396 g/mol. The Morgan fingerprint density at radius 3 is 2.61 bits per heavy atom. The fourth-order valence-corrected chi connectivity index (χ4v) is 3.60. The number of carbonyl (C=O) groups is 1. The van der Waals surface area contributed by atoms with Crippen LogP contribution in [-0.4, -0.2) is 30.6 Å². The average Bonchev–Trinajstić information content (AvgIpc) is 2.80. The van der Waals surface area contributed by atoms with Crippen LogP contribution in [0.5, 0.6) is 11.5 Å². The van der Waals surface area contributed by atoms with Crippen LogP contribution in [-0.2, 0) is 4.79 Å². The zero-order chi connectivity index (χ0) is 22.2. The molecule has 1 aliphatic carbocycles. The van der Waals surface area contributed by atoms with E-state index in [1.54, 1.807) is 38.3 Å². The minimum Gasteiger partial charge on any atom is -0.497 e. The zero-order valence-corrected chi connectivity index (χ0v) is 17.9. The van der Waals surface area contributed by atoms with Crippen LogP contribution < -0.4 is 14.8 Å². The number of nitrogens with zero attached hydrogens (tertiary/aromatic N) is 1. The SMILES string of the molecule is COc1ccc(-c2cc([N+](=O)[O-])ccc2O[C@@H](C)C(=O)NCCC2=CCCCC2)cc1. The highest BCUT2D eigenvalue weighted by molar-refractivity contribution is 5.81. The van der Waals surface area contributed by atoms with Gasteiger partial charge in [-0.05, 0) is 62.8 Å². The number of ether oxygens (including phenoxy) is 2. The van der Waals surface area contributed by atoms with Gasteiger partial charge in [0.1, 0.15) is 11.5 Å². The number of methoxy groups -OCH3 is 1. The number of hydrogen-bond donors (Lipinski definition) is 1. The maximum absolute atomic E-state index is 12.5. The summed E-state index contributed by atoms with van der Waals surface area (Å²) in [6.07, 6.45) is 7.08. The molecule has 1 N–H and O–H groups in total. The van der Waals surface area contributed by atoms with E-state index in [9.17, 15) is 14.9 Å². The number of hydrogen-bond acceptors (Lipinski definition) is 5. The number of amides is 1. The van der Waals surface area contributed by atoms with Crippen molar-refractivity contribution in [2.75, 3.05) is 13.7 Å². The second kappa shape index (κ2) is 10.6. The minimum atomic E-state index is -0.737. The van der Waals surface area contributed by atoms with Crippen LogP contribution in [0.4, 0.5) is 5.69 Å². The summed E-state index contributed by atoms with van der Waals surface area (Å²) in [7, 11) is 1.57. The Balaban J connectivity index is 1.70. The fourth-order valence-electron chi connectivity index (χ4n) is 3.60. The molecule has 164 valence electrons. The van der Waals surface area contributed by atoms with Crippen molar-refractivity contribution in [2.45, 2.75) is 45.1 Å². The van der Waals surface area contributed by atoms with Gasteiger partial charge in [0.2, 0.25) is 0 Å². The topological polar surface area (TPSA) is 90.7 Å². The van der Waals surface area contributed by atoms with Gasteiger partial charge in [-0.3, -0.25) is 14.9 Å². The van der Waals surface area contributed by atoms with Gasteiger partial charge in [-0.1, -0.05) is 23.8 Å². The van der Waals surface area contributed by atoms with Crippen molar-refractivity contribution in [1.82, 2.24) is 5.32 Å². The van der Waals surface area contributed by atoms with Gasteiger partial charge >= 0.3 is 0 Å². The van der Waals surface area contributed by atoms with E-state index in [1.807, 2.05) is 0 Å². The van der Waals surface area contributed by atoms with Gasteiger partial charge in [0, 0.05) is 24.2 Å². The largest absolute Gasteiger partial charge is 0.497 e. The molecular formula is C24H28N2O5. The molecule has 3 rings (SSSR count). The number of nitro benzene ring substituents is 1. The molecule has 1 amide bonds. The van der Waals surface area contributed by atoms with Crippen molar-refractivity contribution in [3.8, 4) is 22.6 Å². The third-order valence-electron chi connectivity index (χ3n) is 5.38. The number of allylic oxidation sites excluding steroid dienone is 1. The quantitative estimate of drug-likeness (QED) is 0.346. The summed E-state index contributed by atoms with van der Waals surface area (Å²) in [5, 5.41) is 14.2. The van der Waals surface area contributed by atoms with Crippen LogP contribution in [0.1, 0.15) is 39.0 Å². The van der Waals surface area contributed by atoms with Crippen LogP contribution in [0.25, 0.3) is 11.1 Å². The Kier molecular flexibility index (Phi) is 7.65. The number of nitro groups is 1. The highest BCUT2D eigenvalue weighted by Crippen LogP contribution is 2.35. The highest BCUT2D eigenvalue weighted by atomic mass is 16.6. The van der Waals surface area contributed by atoms with Crippen LogP contribution in [0.3, 0.4) is 0 Å². The first-order chi connectivity index (χ1) is 15.0. The summed E-state index contributed by atoms with van der Waals surface area (Å²) >= 11 is 0. The van der Waals surface area contributed by atoms with Crippen LogP contribution in [0, 0.1) is 10.1 Å². The van der Waals surface area contributed by atoms with Gasteiger partial charge in [-0.25, -0.2) is 0 Å². The van der Waals surface area contributed by atoms with E-state index in [0.717, 1.165) is 24.8 Å². The normalized spacial score (nSPS) is 14.3. The number of nitrogens with one attached hydrogen (secondary N) is 1. The number of benzene rings is 2. The van der Waals surface area contributed by atoms with Gasteiger partial charge in [0.25, 0.3) is 11.6 Å². The summed E-state index contributed by atoms with van der Waals surface area (Å²) in [6.45, 7) is 2.25. The standard InChI is InChI=1S/C24H28N2O5/c1-17(24(27)25-15-14-18-6-4-3-5-7-18)31-23-13-10-20(26(28)29)16-22(23)19-8-11-21(30-2)12-9-19/h6,8-13,16-17H,3-5,7,14-15H2,1-2H3,(H,25,27)/t17-/m0/s1. The fraction of sp³-hybridized carbons (Fsp3) is 0.375. The van der Waals surface area contributed by atoms with Crippen molar-refractivity contribution < 1.29 is 19.2 Å². The smallest absolute Gasteiger partial charge is 0.270 e. The van der Waals surface area contributed by atoms with Gasteiger partial charge in [-0.2, -0.15) is 0 Å². The molecule has 0 spiro atoms. The van der Waals surface area contributed by atoms with Gasteiger partial charge in [0.05, 0.1) is 12.0 Å². The van der Waals surface area contributed by atoms with E-state index in [1.165, 1.54) is 36.6 Å². The van der Waals surface area contributed by atoms with E-state index in [0.29, 0.717) is 23.6 Å². The lowest BCUT2D eigenvalue weighted by Crippen LogP contribution is -2.37. The molecule has 0 saturated heterocycles. The molecule has 0 saturated carbocycles. The first kappa shape index (κ1) is 22.3. The maximum Gasteiger partial charge on any atom is 0.270 e. The third-order valence-corrected chi connectivity index (χ3v) is 5.38. The summed E-state index contributed by atoms with van der Waals surface area (Å²) in [5.41, 5.74) is 2.63.